The number of hydrogen-bond acceptors (Lipinski definition) is 1. The van der Waals surface area contributed by atoms with Crippen LogP contribution in [0.4, 0.5) is 0 Å². The second-order valence-corrected chi connectivity index (χ2v) is 7.07. The van der Waals surface area contributed by atoms with Crippen molar-refractivity contribution in [2.45, 2.75) is 65.3 Å². The van der Waals surface area contributed by atoms with E-state index in [9.17, 15) is 4.79 Å². The maximum absolute atomic E-state index is 12.4. The minimum Gasteiger partial charge on any atom is -0.351 e. The molecule has 0 aromatic heterocycles. The van der Waals surface area contributed by atoms with E-state index in [-0.39, 0.29) is 22.8 Å². The van der Waals surface area contributed by atoms with E-state index in [0.29, 0.717) is 0 Å². The molecule has 0 bridgehead atoms. The summed E-state index contributed by atoms with van der Waals surface area (Å²) < 4.78 is 0. The van der Waals surface area contributed by atoms with E-state index >= 15 is 0 Å². The first kappa shape index (κ1) is 15.0. The molecular weight excluding hydrogens is 278 g/mol. The molecule has 2 nitrogen and oxygen atoms in total. The summed E-state index contributed by atoms with van der Waals surface area (Å²) in [6, 6.07) is 0. The molecule has 0 aliphatic heterocycles. The second kappa shape index (κ2) is 5.73. The van der Waals surface area contributed by atoms with Crippen molar-refractivity contribution in [3.63, 3.8) is 0 Å². The van der Waals surface area contributed by atoms with Crippen molar-refractivity contribution in [1.82, 2.24) is 5.32 Å². The Hall–Kier alpha value is -0.0500. The first-order chi connectivity index (χ1) is 7.84. The van der Waals surface area contributed by atoms with Gasteiger partial charge in [-0.1, -0.05) is 43.1 Å². The molecule has 1 rings (SSSR count). The Labute approximate surface area is 114 Å². The lowest BCUT2D eigenvalue weighted by atomic mass is 9.80. The van der Waals surface area contributed by atoms with Crippen LogP contribution in [0.2, 0.25) is 0 Å². The zero-order valence-corrected chi connectivity index (χ0v) is 13.2. The molecule has 1 amide bonds. The van der Waals surface area contributed by atoms with Crippen LogP contribution in [0, 0.1) is 11.3 Å². The van der Waals surface area contributed by atoms with Crippen molar-refractivity contribution in [3.8, 4) is 0 Å². The summed E-state index contributed by atoms with van der Waals surface area (Å²) in [6.45, 7) is 8.73. The second-order valence-electron chi connectivity index (χ2n) is 6.28. The minimum absolute atomic E-state index is 0.0563. The van der Waals surface area contributed by atoms with Crippen LogP contribution in [0.25, 0.3) is 0 Å². The van der Waals surface area contributed by atoms with E-state index in [1.807, 2.05) is 0 Å². The third-order valence-corrected chi connectivity index (χ3v) is 4.82. The molecule has 0 saturated heterocycles. The fraction of sp³-hybridized carbons (Fsp3) is 0.929. The van der Waals surface area contributed by atoms with Crippen molar-refractivity contribution in [3.05, 3.63) is 0 Å². The molecule has 100 valence electrons. The Morgan fingerprint density at radius 1 is 1.53 bits per heavy atom. The summed E-state index contributed by atoms with van der Waals surface area (Å²) in [5.74, 6) is 0.460. The average Bonchev–Trinajstić information content (AvgIpc) is 2.58. The highest BCUT2D eigenvalue weighted by Gasteiger charge is 2.40. The molecule has 17 heavy (non-hydrogen) atoms. The smallest absolute Gasteiger partial charge is 0.224 e. The van der Waals surface area contributed by atoms with Crippen LogP contribution in [-0.2, 0) is 4.79 Å². The Balaban J connectivity index is 2.65. The number of carbonyl (C=O) groups is 1. The minimum atomic E-state index is -0.0563. The van der Waals surface area contributed by atoms with Crippen LogP contribution in [0.5, 0.6) is 0 Å². The number of amides is 1. The first-order valence-corrected chi connectivity index (χ1v) is 7.85. The SMILES string of the molecule is CCC(C)(CCBr)NC(=O)C1CCCC1(C)C. The fourth-order valence-electron chi connectivity index (χ4n) is 2.73. The summed E-state index contributed by atoms with van der Waals surface area (Å²) >= 11 is 3.47. The van der Waals surface area contributed by atoms with Gasteiger partial charge in [0.1, 0.15) is 0 Å². The molecule has 1 saturated carbocycles. The predicted octanol–water partition coefficient (Wildman–Crippen LogP) is 3.88. The topological polar surface area (TPSA) is 29.1 Å². The zero-order chi connectivity index (χ0) is 13.1. The van der Waals surface area contributed by atoms with Crippen molar-refractivity contribution in [2.24, 2.45) is 11.3 Å². The third kappa shape index (κ3) is 3.70. The van der Waals surface area contributed by atoms with Crippen LogP contribution >= 0.6 is 15.9 Å². The van der Waals surface area contributed by atoms with E-state index in [1.54, 1.807) is 0 Å². The van der Waals surface area contributed by atoms with E-state index < -0.39 is 0 Å². The van der Waals surface area contributed by atoms with Crippen molar-refractivity contribution >= 4 is 21.8 Å². The number of nitrogens with one attached hydrogen (secondary N) is 1. The predicted molar refractivity (Wildman–Crippen MR) is 76.4 cm³/mol. The van der Waals surface area contributed by atoms with Gasteiger partial charge in [-0.05, 0) is 38.0 Å². The lowest BCUT2D eigenvalue weighted by Gasteiger charge is -2.33. The molecule has 3 heteroatoms. The van der Waals surface area contributed by atoms with E-state index in [2.05, 4.69) is 48.9 Å². The van der Waals surface area contributed by atoms with Gasteiger partial charge >= 0.3 is 0 Å². The molecule has 0 heterocycles. The average molecular weight is 304 g/mol. The quantitative estimate of drug-likeness (QED) is 0.767. The van der Waals surface area contributed by atoms with Crippen molar-refractivity contribution in [2.75, 3.05) is 5.33 Å². The molecule has 1 aliphatic carbocycles. The van der Waals surface area contributed by atoms with E-state index in [0.717, 1.165) is 24.6 Å². The van der Waals surface area contributed by atoms with Gasteiger partial charge in [0, 0.05) is 16.8 Å². The molecule has 0 spiro atoms. The van der Waals surface area contributed by atoms with Gasteiger partial charge in [-0.15, -0.1) is 0 Å². The molecule has 1 fully saturated rings. The Bertz CT molecular complexity index is 277. The standard InChI is InChI=1S/C14H26BrNO/c1-5-14(4,9-10-15)16-12(17)11-7-6-8-13(11,2)3/h11H,5-10H2,1-4H3,(H,16,17). The van der Waals surface area contributed by atoms with Gasteiger partial charge in [-0.2, -0.15) is 0 Å². The number of rotatable bonds is 5. The maximum Gasteiger partial charge on any atom is 0.224 e. The van der Waals surface area contributed by atoms with Gasteiger partial charge in [-0.25, -0.2) is 0 Å². The van der Waals surface area contributed by atoms with Crippen LogP contribution in [-0.4, -0.2) is 16.8 Å². The Morgan fingerprint density at radius 2 is 2.18 bits per heavy atom. The number of carbonyl (C=O) groups excluding carboxylic acids is 1. The highest BCUT2D eigenvalue weighted by Crippen LogP contribution is 2.42. The largest absolute Gasteiger partial charge is 0.351 e. The molecule has 2 atom stereocenters. The lowest BCUT2D eigenvalue weighted by Crippen LogP contribution is -2.49. The number of halogens is 1. The fourth-order valence-corrected chi connectivity index (χ4v) is 3.61. The van der Waals surface area contributed by atoms with Crippen molar-refractivity contribution in [1.29, 1.82) is 0 Å². The molecule has 1 aliphatic rings. The zero-order valence-electron chi connectivity index (χ0n) is 11.6. The Kier molecular flexibility index (Phi) is 5.06. The summed E-state index contributed by atoms with van der Waals surface area (Å²) in [5, 5.41) is 4.21. The monoisotopic (exact) mass is 303 g/mol. The highest BCUT2D eigenvalue weighted by molar-refractivity contribution is 9.09. The van der Waals surface area contributed by atoms with E-state index in [4.69, 9.17) is 0 Å². The molecular formula is C14H26BrNO. The number of hydrogen-bond donors (Lipinski definition) is 1. The van der Waals surface area contributed by atoms with Crippen LogP contribution in [0.15, 0.2) is 0 Å². The van der Waals surface area contributed by atoms with Gasteiger partial charge in [-0.3, -0.25) is 4.79 Å². The Morgan fingerprint density at radius 3 is 2.59 bits per heavy atom. The third-order valence-electron chi connectivity index (χ3n) is 4.43. The maximum atomic E-state index is 12.4. The summed E-state index contributed by atoms with van der Waals surface area (Å²) in [6.07, 6.45) is 5.38. The summed E-state index contributed by atoms with van der Waals surface area (Å²) in [7, 11) is 0. The van der Waals surface area contributed by atoms with E-state index in [1.165, 1.54) is 12.8 Å². The van der Waals surface area contributed by atoms with Crippen LogP contribution in [0.3, 0.4) is 0 Å². The van der Waals surface area contributed by atoms with Gasteiger partial charge in [0.25, 0.3) is 0 Å². The summed E-state index contributed by atoms with van der Waals surface area (Å²) in [5.41, 5.74) is 0.117. The normalized spacial score (nSPS) is 26.5. The van der Waals surface area contributed by atoms with Gasteiger partial charge in [0.05, 0.1) is 0 Å². The van der Waals surface area contributed by atoms with Crippen molar-refractivity contribution < 1.29 is 4.79 Å². The van der Waals surface area contributed by atoms with Gasteiger partial charge < -0.3 is 5.32 Å². The van der Waals surface area contributed by atoms with Crippen LogP contribution in [0.1, 0.15) is 59.8 Å². The van der Waals surface area contributed by atoms with Gasteiger partial charge in [0.15, 0.2) is 0 Å². The molecule has 1 N–H and O–H groups in total. The molecule has 0 radical (unpaired) electrons. The lowest BCUT2D eigenvalue weighted by molar-refractivity contribution is -0.129. The van der Waals surface area contributed by atoms with Crippen LogP contribution < -0.4 is 5.32 Å². The molecule has 0 aromatic rings. The molecule has 2 unspecified atom stereocenters. The first-order valence-electron chi connectivity index (χ1n) is 6.72. The molecule has 0 aromatic carbocycles. The van der Waals surface area contributed by atoms with Gasteiger partial charge in [0.2, 0.25) is 5.91 Å². The number of alkyl halides is 1. The summed E-state index contributed by atoms with van der Waals surface area (Å²) in [4.78, 5) is 12.4. The highest BCUT2D eigenvalue weighted by atomic mass is 79.9.